The number of rotatable bonds is 3. The minimum atomic E-state index is -2.05. The summed E-state index contributed by atoms with van der Waals surface area (Å²) >= 11 is 0. The van der Waals surface area contributed by atoms with E-state index in [0.29, 0.717) is 19.7 Å². The van der Waals surface area contributed by atoms with Crippen molar-refractivity contribution in [2.75, 3.05) is 26.3 Å². The van der Waals surface area contributed by atoms with Crippen molar-refractivity contribution in [3.63, 3.8) is 0 Å². The summed E-state index contributed by atoms with van der Waals surface area (Å²) in [5.74, 6) is 0. The molecule has 0 aromatic carbocycles. The molecule has 1 aliphatic rings. The third-order valence-corrected chi connectivity index (χ3v) is 9.35. The van der Waals surface area contributed by atoms with Crippen molar-refractivity contribution < 1.29 is 23.8 Å². The molecule has 1 rings (SSSR count). The lowest BCUT2D eigenvalue weighted by atomic mass is 10.1. The molecule has 1 heterocycles. The predicted octanol–water partition coefficient (Wildman–Crippen LogP) is 3.40. The Morgan fingerprint density at radius 2 is 1.84 bits per heavy atom. The van der Waals surface area contributed by atoms with E-state index in [0.717, 1.165) is 0 Å². The Kier molecular flexibility index (Phi) is 6.76. The van der Waals surface area contributed by atoms with Gasteiger partial charge in [-0.25, -0.2) is 4.79 Å². The summed E-state index contributed by atoms with van der Waals surface area (Å²) < 4.78 is 18.0. The maximum Gasteiger partial charge on any atom is 0.410 e. The zero-order valence-corrected chi connectivity index (χ0v) is 18.4. The maximum atomic E-state index is 12.6. The molecule has 2 atom stereocenters. The van der Waals surface area contributed by atoms with Crippen LogP contribution >= 0.6 is 0 Å². The van der Waals surface area contributed by atoms with Crippen molar-refractivity contribution in [1.82, 2.24) is 4.90 Å². The lowest BCUT2D eigenvalue weighted by Crippen LogP contribution is -2.55. The molecule has 0 saturated carbocycles. The van der Waals surface area contributed by atoms with Crippen LogP contribution in [0.1, 0.15) is 48.5 Å². The fourth-order valence-electron chi connectivity index (χ4n) is 2.51. The molecule has 0 bridgehead atoms. The first-order chi connectivity index (χ1) is 11.1. The molecule has 1 amide bonds. The number of carbonyl (C=O) groups is 1. The third kappa shape index (κ3) is 6.55. The second kappa shape index (κ2) is 7.54. The summed E-state index contributed by atoms with van der Waals surface area (Å²) in [5, 5.41) is 9.60. The molecule has 0 spiro atoms. The molecular weight excluding hydrogens is 338 g/mol. The van der Waals surface area contributed by atoms with Gasteiger partial charge >= 0.3 is 6.09 Å². The van der Waals surface area contributed by atoms with Crippen LogP contribution in [0.2, 0.25) is 18.1 Å². The van der Waals surface area contributed by atoms with Gasteiger partial charge in [-0.3, -0.25) is 0 Å². The molecule has 7 heteroatoms. The molecule has 148 valence electrons. The SMILES string of the molecule is CC(C)(C)OC(=O)N1C[C@@H](CO)OC[C@@](C)(O[Si](C)(C)C(C)(C)C)C1. The summed E-state index contributed by atoms with van der Waals surface area (Å²) in [5.41, 5.74) is -1.21. The molecule has 6 nitrogen and oxygen atoms in total. The topological polar surface area (TPSA) is 68.2 Å². The molecule has 1 saturated heterocycles. The number of nitrogens with zero attached hydrogens (tertiary/aromatic N) is 1. The highest BCUT2D eigenvalue weighted by atomic mass is 28.4. The number of hydrogen-bond donors (Lipinski definition) is 1. The van der Waals surface area contributed by atoms with Crippen LogP contribution in [0.5, 0.6) is 0 Å². The molecule has 1 fully saturated rings. The third-order valence-electron chi connectivity index (χ3n) is 4.74. The summed E-state index contributed by atoms with van der Waals surface area (Å²) in [7, 11) is -2.05. The minimum Gasteiger partial charge on any atom is -0.444 e. The van der Waals surface area contributed by atoms with Crippen LogP contribution in [0.4, 0.5) is 4.79 Å². The average molecular weight is 376 g/mol. The second-order valence-corrected chi connectivity index (χ2v) is 14.5. The Morgan fingerprint density at radius 1 is 1.28 bits per heavy atom. The lowest BCUT2D eigenvalue weighted by molar-refractivity contribution is -0.0469. The van der Waals surface area contributed by atoms with Gasteiger partial charge in [0.15, 0.2) is 8.32 Å². The first-order valence-electron chi connectivity index (χ1n) is 8.99. The molecule has 0 radical (unpaired) electrons. The summed E-state index contributed by atoms with van der Waals surface area (Å²) in [6.45, 7) is 19.3. The van der Waals surface area contributed by atoms with Gasteiger partial charge < -0.3 is 23.9 Å². The minimum absolute atomic E-state index is 0.0510. The van der Waals surface area contributed by atoms with Crippen LogP contribution < -0.4 is 0 Å². The molecule has 0 aliphatic carbocycles. The Balaban J connectivity index is 3.02. The monoisotopic (exact) mass is 375 g/mol. The van der Waals surface area contributed by atoms with Crippen molar-refractivity contribution in [2.45, 2.75) is 83.9 Å². The maximum absolute atomic E-state index is 12.6. The summed E-state index contributed by atoms with van der Waals surface area (Å²) in [4.78, 5) is 14.2. The zero-order valence-electron chi connectivity index (χ0n) is 17.4. The van der Waals surface area contributed by atoms with E-state index < -0.39 is 31.7 Å². The van der Waals surface area contributed by atoms with Gasteiger partial charge in [-0.1, -0.05) is 20.8 Å². The van der Waals surface area contributed by atoms with Crippen LogP contribution in [0, 0.1) is 0 Å². The van der Waals surface area contributed by atoms with E-state index in [1.54, 1.807) is 4.90 Å². The van der Waals surface area contributed by atoms with Crippen LogP contribution in [-0.2, 0) is 13.9 Å². The second-order valence-electron chi connectivity index (χ2n) is 9.79. The van der Waals surface area contributed by atoms with E-state index in [9.17, 15) is 9.90 Å². The van der Waals surface area contributed by atoms with Gasteiger partial charge in [0.2, 0.25) is 0 Å². The van der Waals surface area contributed by atoms with Gasteiger partial charge in [0, 0.05) is 0 Å². The predicted molar refractivity (Wildman–Crippen MR) is 101 cm³/mol. The average Bonchev–Trinajstić information content (AvgIpc) is 2.54. The number of aliphatic hydroxyl groups is 1. The largest absolute Gasteiger partial charge is 0.444 e. The van der Waals surface area contributed by atoms with E-state index >= 15 is 0 Å². The molecule has 0 aromatic heterocycles. The van der Waals surface area contributed by atoms with Crippen molar-refractivity contribution in [3.8, 4) is 0 Å². The first kappa shape index (κ1) is 22.4. The molecule has 1 N–H and O–H groups in total. The van der Waals surface area contributed by atoms with E-state index in [4.69, 9.17) is 13.9 Å². The van der Waals surface area contributed by atoms with Gasteiger partial charge in [0.1, 0.15) is 5.60 Å². The van der Waals surface area contributed by atoms with Crippen LogP contribution in [0.3, 0.4) is 0 Å². The van der Waals surface area contributed by atoms with Gasteiger partial charge in [-0.05, 0) is 45.8 Å². The van der Waals surface area contributed by atoms with Crippen molar-refractivity contribution >= 4 is 14.4 Å². The Hall–Kier alpha value is -0.633. The van der Waals surface area contributed by atoms with Gasteiger partial charge in [0.05, 0.1) is 38.0 Å². The highest BCUT2D eigenvalue weighted by Gasteiger charge is 2.46. The fraction of sp³-hybridized carbons (Fsp3) is 0.944. The molecule has 25 heavy (non-hydrogen) atoms. The van der Waals surface area contributed by atoms with Crippen molar-refractivity contribution in [1.29, 1.82) is 0 Å². The summed E-state index contributed by atoms with van der Waals surface area (Å²) in [6, 6.07) is 0. The number of carbonyl (C=O) groups excluding carboxylic acids is 1. The van der Waals surface area contributed by atoms with Gasteiger partial charge in [0.25, 0.3) is 0 Å². The number of aliphatic hydroxyl groups excluding tert-OH is 1. The van der Waals surface area contributed by atoms with Crippen molar-refractivity contribution in [3.05, 3.63) is 0 Å². The van der Waals surface area contributed by atoms with Crippen LogP contribution in [0.15, 0.2) is 0 Å². The first-order valence-corrected chi connectivity index (χ1v) is 11.9. The highest BCUT2D eigenvalue weighted by molar-refractivity contribution is 6.74. The van der Waals surface area contributed by atoms with E-state index in [1.807, 2.05) is 27.7 Å². The Morgan fingerprint density at radius 3 is 2.28 bits per heavy atom. The van der Waals surface area contributed by atoms with E-state index in [2.05, 4.69) is 33.9 Å². The van der Waals surface area contributed by atoms with E-state index in [1.165, 1.54) is 0 Å². The smallest absolute Gasteiger partial charge is 0.410 e. The zero-order chi connectivity index (χ0) is 19.7. The standard InChI is InChI=1S/C18H37NO5Si/c1-16(2,3)23-15(21)19-10-14(11-20)22-13-18(7,12-19)24-25(8,9)17(4,5)6/h14,20H,10-13H2,1-9H3/t14-,18-/m0/s1. The number of amides is 1. The van der Waals surface area contributed by atoms with E-state index in [-0.39, 0.29) is 11.6 Å². The Labute approximate surface area is 153 Å². The quantitative estimate of drug-likeness (QED) is 0.766. The summed E-state index contributed by atoms with van der Waals surface area (Å²) in [6.07, 6.45) is -0.834. The Bertz CT molecular complexity index is 469. The fourth-order valence-corrected chi connectivity index (χ4v) is 4.18. The van der Waals surface area contributed by atoms with Gasteiger partial charge in [-0.15, -0.1) is 0 Å². The normalized spacial score (nSPS) is 26.3. The molecule has 0 aromatic rings. The lowest BCUT2D eigenvalue weighted by Gasteiger charge is -2.44. The van der Waals surface area contributed by atoms with Crippen molar-refractivity contribution in [2.24, 2.45) is 0 Å². The van der Waals surface area contributed by atoms with Crippen LogP contribution in [-0.4, -0.2) is 68.0 Å². The number of hydrogen-bond acceptors (Lipinski definition) is 5. The highest BCUT2D eigenvalue weighted by Crippen LogP contribution is 2.40. The van der Waals surface area contributed by atoms with Crippen LogP contribution in [0.25, 0.3) is 0 Å². The van der Waals surface area contributed by atoms with Gasteiger partial charge in [-0.2, -0.15) is 0 Å². The molecule has 0 unspecified atom stereocenters. The molecular formula is C18H37NO5Si. The molecule has 1 aliphatic heterocycles. The number of ether oxygens (including phenoxy) is 2.